The average Bonchev–Trinajstić information content (AvgIpc) is 3.21. The molecule has 0 radical (unpaired) electrons. The summed E-state index contributed by atoms with van der Waals surface area (Å²) in [5.41, 5.74) is 2.47. The molecule has 2 aromatic heterocycles. The second-order valence-electron chi connectivity index (χ2n) is 6.73. The number of anilines is 2. The van der Waals surface area contributed by atoms with E-state index < -0.39 is 5.82 Å². The Morgan fingerprint density at radius 2 is 1.96 bits per heavy atom. The molecule has 7 heteroatoms. The van der Waals surface area contributed by atoms with Gasteiger partial charge in [0.25, 0.3) is 5.91 Å². The molecule has 1 atom stereocenters. The van der Waals surface area contributed by atoms with Gasteiger partial charge in [-0.1, -0.05) is 6.07 Å². The zero-order chi connectivity index (χ0) is 19.8. The molecule has 142 valence electrons. The Bertz CT molecular complexity index is 1050. The maximum Gasteiger partial charge on any atom is 0.294 e. The predicted molar refractivity (Wildman–Crippen MR) is 103 cm³/mol. The zero-order valence-corrected chi connectivity index (χ0v) is 15.4. The van der Waals surface area contributed by atoms with Crippen molar-refractivity contribution >= 4 is 23.2 Å². The Hall–Kier alpha value is -3.48. The van der Waals surface area contributed by atoms with Gasteiger partial charge in [0.15, 0.2) is 5.76 Å². The number of fused-ring (bicyclic) bond motifs is 1. The summed E-state index contributed by atoms with van der Waals surface area (Å²) in [4.78, 5) is 32.4. The van der Waals surface area contributed by atoms with Crippen molar-refractivity contribution in [2.24, 2.45) is 0 Å². The van der Waals surface area contributed by atoms with E-state index in [-0.39, 0.29) is 23.6 Å². The third kappa shape index (κ3) is 3.05. The molecule has 28 heavy (non-hydrogen) atoms. The van der Waals surface area contributed by atoms with E-state index in [2.05, 4.69) is 4.98 Å². The van der Waals surface area contributed by atoms with E-state index in [0.717, 1.165) is 6.20 Å². The van der Waals surface area contributed by atoms with E-state index in [9.17, 15) is 14.0 Å². The molecule has 0 saturated carbocycles. The van der Waals surface area contributed by atoms with Crippen molar-refractivity contribution in [3.05, 3.63) is 66.6 Å². The third-order valence-corrected chi connectivity index (χ3v) is 4.77. The number of benzene rings is 1. The van der Waals surface area contributed by atoms with Crippen LogP contribution in [0.25, 0.3) is 11.1 Å². The van der Waals surface area contributed by atoms with Gasteiger partial charge in [-0.15, -0.1) is 0 Å². The number of hydrogen-bond donors (Lipinski definition) is 0. The summed E-state index contributed by atoms with van der Waals surface area (Å²) in [5.74, 6) is -0.639. The van der Waals surface area contributed by atoms with Crippen LogP contribution in [0.4, 0.5) is 15.8 Å². The normalized spacial score (nSPS) is 16.0. The largest absolute Gasteiger partial charge is 0.459 e. The van der Waals surface area contributed by atoms with Crippen LogP contribution in [0.5, 0.6) is 0 Å². The summed E-state index contributed by atoms with van der Waals surface area (Å²) in [7, 11) is 0. The van der Waals surface area contributed by atoms with Gasteiger partial charge < -0.3 is 14.2 Å². The van der Waals surface area contributed by atoms with Gasteiger partial charge in [-0.2, -0.15) is 0 Å². The summed E-state index contributed by atoms with van der Waals surface area (Å²) in [6, 6.07) is 9.76. The monoisotopic (exact) mass is 379 g/mol. The molecule has 1 aliphatic heterocycles. The predicted octanol–water partition coefficient (Wildman–Crippen LogP) is 3.88. The number of hydrogen-bond acceptors (Lipinski definition) is 4. The van der Waals surface area contributed by atoms with Gasteiger partial charge >= 0.3 is 0 Å². The SMILES string of the molecule is CC(=O)N1c2ccc(-c3cncc(F)c3)cc2N(C(=O)c2ccco2)C[C@@H]1C. The highest BCUT2D eigenvalue weighted by Gasteiger charge is 2.35. The number of nitrogens with zero attached hydrogens (tertiary/aromatic N) is 3. The van der Waals surface area contributed by atoms with Crippen LogP contribution >= 0.6 is 0 Å². The first kappa shape index (κ1) is 17.9. The maximum absolute atomic E-state index is 13.6. The lowest BCUT2D eigenvalue weighted by Crippen LogP contribution is -2.51. The van der Waals surface area contributed by atoms with Gasteiger partial charge in [0.05, 0.1) is 29.9 Å². The summed E-state index contributed by atoms with van der Waals surface area (Å²) in [6.45, 7) is 3.70. The Morgan fingerprint density at radius 1 is 1.14 bits per heavy atom. The fourth-order valence-corrected chi connectivity index (χ4v) is 3.58. The van der Waals surface area contributed by atoms with Crippen molar-refractivity contribution in [2.75, 3.05) is 16.3 Å². The zero-order valence-electron chi connectivity index (χ0n) is 15.4. The van der Waals surface area contributed by atoms with Crippen molar-refractivity contribution in [3.63, 3.8) is 0 Å². The Labute approximate surface area is 161 Å². The number of halogens is 1. The van der Waals surface area contributed by atoms with Gasteiger partial charge in [-0.05, 0) is 42.8 Å². The lowest BCUT2D eigenvalue weighted by atomic mass is 10.0. The number of furan rings is 1. The first-order valence-electron chi connectivity index (χ1n) is 8.86. The maximum atomic E-state index is 13.6. The van der Waals surface area contributed by atoms with Crippen LogP contribution in [0.3, 0.4) is 0 Å². The summed E-state index contributed by atoms with van der Waals surface area (Å²) >= 11 is 0. The molecule has 0 spiro atoms. The molecule has 1 aliphatic rings. The topological polar surface area (TPSA) is 66.7 Å². The molecule has 3 heterocycles. The lowest BCUT2D eigenvalue weighted by molar-refractivity contribution is -0.117. The highest BCUT2D eigenvalue weighted by atomic mass is 19.1. The number of pyridine rings is 1. The van der Waals surface area contributed by atoms with E-state index in [1.54, 1.807) is 46.3 Å². The van der Waals surface area contributed by atoms with Crippen molar-refractivity contribution < 1.29 is 18.4 Å². The van der Waals surface area contributed by atoms with Crippen LogP contribution in [0.2, 0.25) is 0 Å². The van der Waals surface area contributed by atoms with E-state index in [1.165, 1.54) is 19.3 Å². The van der Waals surface area contributed by atoms with E-state index >= 15 is 0 Å². The lowest BCUT2D eigenvalue weighted by Gasteiger charge is -2.40. The van der Waals surface area contributed by atoms with Crippen molar-refractivity contribution in [1.82, 2.24) is 4.98 Å². The summed E-state index contributed by atoms with van der Waals surface area (Å²) in [5, 5.41) is 0. The van der Waals surface area contributed by atoms with Crippen LogP contribution in [0.1, 0.15) is 24.4 Å². The minimum Gasteiger partial charge on any atom is -0.459 e. The van der Waals surface area contributed by atoms with E-state index in [1.807, 2.05) is 6.92 Å². The first-order chi connectivity index (χ1) is 13.5. The first-order valence-corrected chi connectivity index (χ1v) is 8.86. The molecule has 0 aliphatic carbocycles. The average molecular weight is 379 g/mol. The molecule has 0 bridgehead atoms. The highest BCUT2D eigenvalue weighted by Crippen LogP contribution is 2.39. The van der Waals surface area contributed by atoms with Crippen molar-refractivity contribution in [3.8, 4) is 11.1 Å². The van der Waals surface area contributed by atoms with Crippen LogP contribution in [0.15, 0.2) is 59.5 Å². The Kier molecular flexibility index (Phi) is 4.43. The fraction of sp³-hybridized carbons (Fsp3) is 0.190. The summed E-state index contributed by atoms with van der Waals surface area (Å²) in [6.07, 6.45) is 4.13. The highest BCUT2D eigenvalue weighted by molar-refractivity contribution is 6.10. The minimum absolute atomic E-state index is 0.112. The number of aromatic nitrogens is 1. The van der Waals surface area contributed by atoms with Gasteiger partial charge in [-0.3, -0.25) is 14.6 Å². The van der Waals surface area contributed by atoms with Gasteiger partial charge in [-0.25, -0.2) is 4.39 Å². The number of rotatable bonds is 2. The fourth-order valence-electron chi connectivity index (χ4n) is 3.58. The van der Waals surface area contributed by atoms with E-state index in [0.29, 0.717) is 29.0 Å². The number of carbonyl (C=O) groups excluding carboxylic acids is 2. The molecule has 0 N–H and O–H groups in total. The van der Waals surface area contributed by atoms with Crippen LogP contribution < -0.4 is 9.80 Å². The quantitative estimate of drug-likeness (QED) is 0.678. The Balaban J connectivity index is 1.85. The smallest absolute Gasteiger partial charge is 0.294 e. The van der Waals surface area contributed by atoms with Gasteiger partial charge in [0, 0.05) is 25.2 Å². The van der Waals surface area contributed by atoms with Crippen molar-refractivity contribution in [2.45, 2.75) is 19.9 Å². The molecule has 4 rings (SSSR count). The standard InChI is InChI=1S/C21H18FN3O3/c1-13-12-24(21(27)20-4-3-7-28-20)19-9-15(16-8-17(22)11-23-10-16)5-6-18(19)25(13)14(2)26/h3-11,13H,12H2,1-2H3/t13-/m0/s1. The third-order valence-electron chi connectivity index (χ3n) is 4.77. The minimum atomic E-state index is -0.447. The van der Waals surface area contributed by atoms with Gasteiger partial charge in [0.1, 0.15) is 5.82 Å². The summed E-state index contributed by atoms with van der Waals surface area (Å²) < 4.78 is 18.9. The van der Waals surface area contributed by atoms with Gasteiger partial charge in [0.2, 0.25) is 5.91 Å². The molecule has 0 unspecified atom stereocenters. The molecule has 6 nitrogen and oxygen atoms in total. The number of carbonyl (C=O) groups is 2. The molecular formula is C21H18FN3O3. The number of amides is 2. The van der Waals surface area contributed by atoms with E-state index in [4.69, 9.17) is 4.42 Å². The second-order valence-corrected chi connectivity index (χ2v) is 6.73. The Morgan fingerprint density at radius 3 is 2.64 bits per heavy atom. The van der Waals surface area contributed by atoms with Crippen molar-refractivity contribution in [1.29, 1.82) is 0 Å². The molecule has 3 aromatic rings. The molecule has 2 amide bonds. The molecule has 0 saturated heterocycles. The second kappa shape index (κ2) is 6.92. The molecule has 1 aromatic carbocycles. The molecule has 0 fully saturated rings. The molecular weight excluding hydrogens is 361 g/mol. The van der Waals surface area contributed by atoms with Crippen LogP contribution in [-0.4, -0.2) is 29.4 Å². The van der Waals surface area contributed by atoms with Crippen LogP contribution in [-0.2, 0) is 4.79 Å². The van der Waals surface area contributed by atoms with Crippen LogP contribution in [0, 0.1) is 5.82 Å².